The minimum atomic E-state index is -0.152. The van der Waals surface area contributed by atoms with Gasteiger partial charge in [0.05, 0.1) is 24.2 Å². The first-order valence-corrected chi connectivity index (χ1v) is 8.35. The van der Waals surface area contributed by atoms with Crippen LogP contribution in [0.2, 0.25) is 0 Å². The third-order valence-corrected chi connectivity index (χ3v) is 4.22. The van der Waals surface area contributed by atoms with Gasteiger partial charge in [-0.2, -0.15) is 0 Å². The number of methoxy groups -OCH3 is 1. The van der Waals surface area contributed by atoms with Crippen molar-refractivity contribution in [2.24, 2.45) is 5.92 Å². The first kappa shape index (κ1) is 16.5. The maximum absolute atomic E-state index is 12.5. The van der Waals surface area contributed by atoms with Gasteiger partial charge in [0.15, 0.2) is 0 Å². The number of aromatic nitrogens is 1. The van der Waals surface area contributed by atoms with Crippen LogP contribution in [-0.4, -0.2) is 24.5 Å². The summed E-state index contributed by atoms with van der Waals surface area (Å²) in [7, 11) is 1.64. The summed E-state index contributed by atoms with van der Waals surface area (Å²) in [5.74, 6) is 0.944. The van der Waals surface area contributed by atoms with Crippen molar-refractivity contribution in [1.29, 1.82) is 0 Å². The molecule has 1 aromatic heterocycles. The fourth-order valence-corrected chi connectivity index (χ4v) is 3.03. The molecule has 0 aliphatic rings. The van der Waals surface area contributed by atoms with Crippen molar-refractivity contribution in [3.05, 3.63) is 46.4 Å². The molecule has 2 aromatic rings. The Labute approximate surface area is 135 Å². The smallest absolute Gasteiger partial charge is 0.227 e. The van der Waals surface area contributed by atoms with E-state index >= 15 is 0 Å². The molecule has 1 heterocycles. The summed E-state index contributed by atoms with van der Waals surface area (Å²) in [6.07, 6.45) is 0.767. The molecule has 1 amide bonds. The number of ether oxygens (including phenoxy) is 1. The van der Waals surface area contributed by atoms with Crippen molar-refractivity contribution >= 4 is 17.2 Å². The van der Waals surface area contributed by atoms with Crippen LogP contribution in [0.1, 0.15) is 31.0 Å². The molecule has 1 aromatic carbocycles. The standard InChI is InChI=1S/C17H22N2O2S/c1-12(2)16(13-4-6-15(21-3)7-5-13)17(20)18-9-8-14-10-22-11-19-14/h4-7,10-12,16H,8-9H2,1-3H3,(H,18,20). The van der Waals surface area contributed by atoms with E-state index in [2.05, 4.69) is 24.1 Å². The summed E-state index contributed by atoms with van der Waals surface area (Å²) in [5.41, 5.74) is 3.85. The van der Waals surface area contributed by atoms with Gasteiger partial charge < -0.3 is 10.1 Å². The lowest BCUT2D eigenvalue weighted by Crippen LogP contribution is -2.33. The largest absolute Gasteiger partial charge is 0.497 e. The Morgan fingerprint density at radius 1 is 1.32 bits per heavy atom. The lowest BCUT2D eigenvalue weighted by atomic mass is 9.87. The second-order valence-electron chi connectivity index (χ2n) is 5.52. The molecule has 0 saturated carbocycles. The van der Waals surface area contributed by atoms with Crippen molar-refractivity contribution in [2.75, 3.05) is 13.7 Å². The predicted octanol–water partition coefficient (Wildman–Crippen LogP) is 3.25. The zero-order valence-electron chi connectivity index (χ0n) is 13.2. The lowest BCUT2D eigenvalue weighted by molar-refractivity contribution is -0.123. The van der Waals surface area contributed by atoms with Crippen molar-refractivity contribution in [2.45, 2.75) is 26.2 Å². The molecule has 5 heteroatoms. The van der Waals surface area contributed by atoms with E-state index in [9.17, 15) is 4.79 Å². The Balaban J connectivity index is 1.98. The third kappa shape index (κ3) is 4.31. The van der Waals surface area contributed by atoms with Gasteiger partial charge in [-0.25, -0.2) is 4.98 Å². The van der Waals surface area contributed by atoms with Crippen molar-refractivity contribution in [3.8, 4) is 5.75 Å². The predicted molar refractivity (Wildman–Crippen MR) is 89.4 cm³/mol. The van der Waals surface area contributed by atoms with E-state index < -0.39 is 0 Å². The van der Waals surface area contributed by atoms with E-state index in [1.54, 1.807) is 18.4 Å². The second kappa shape index (κ2) is 7.94. The molecule has 0 radical (unpaired) electrons. The van der Waals surface area contributed by atoms with Crippen LogP contribution in [0, 0.1) is 5.92 Å². The van der Waals surface area contributed by atoms with Gasteiger partial charge in [-0.15, -0.1) is 11.3 Å². The minimum absolute atomic E-state index is 0.0652. The Morgan fingerprint density at radius 2 is 2.05 bits per heavy atom. The van der Waals surface area contributed by atoms with Crippen molar-refractivity contribution < 1.29 is 9.53 Å². The minimum Gasteiger partial charge on any atom is -0.497 e. The van der Waals surface area contributed by atoms with Crippen LogP contribution in [0.4, 0.5) is 0 Å². The van der Waals surface area contributed by atoms with Crippen molar-refractivity contribution in [3.63, 3.8) is 0 Å². The van der Waals surface area contributed by atoms with E-state index in [0.717, 1.165) is 23.4 Å². The van der Waals surface area contributed by atoms with Gasteiger partial charge >= 0.3 is 0 Å². The van der Waals surface area contributed by atoms with Crippen LogP contribution in [-0.2, 0) is 11.2 Å². The maximum atomic E-state index is 12.5. The SMILES string of the molecule is COc1ccc(C(C(=O)NCCc2cscn2)C(C)C)cc1. The summed E-state index contributed by atoms with van der Waals surface area (Å²) in [6, 6.07) is 7.72. The lowest BCUT2D eigenvalue weighted by Gasteiger charge is -2.21. The average Bonchev–Trinajstić information content (AvgIpc) is 3.01. The molecule has 1 unspecified atom stereocenters. The number of amides is 1. The molecule has 22 heavy (non-hydrogen) atoms. The molecule has 1 N–H and O–H groups in total. The van der Waals surface area contributed by atoms with Crippen LogP contribution in [0.5, 0.6) is 5.75 Å². The van der Waals surface area contributed by atoms with E-state index in [-0.39, 0.29) is 17.7 Å². The Kier molecular flexibility index (Phi) is 5.95. The van der Waals surface area contributed by atoms with Crippen LogP contribution < -0.4 is 10.1 Å². The van der Waals surface area contributed by atoms with Crippen LogP contribution in [0.25, 0.3) is 0 Å². The number of carbonyl (C=O) groups excluding carboxylic acids is 1. The molecule has 0 aliphatic carbocycles. The number of hydrogen-bond acceptors (Lipinski definition) is 4. The average molecular weight is 318 g/mol. The zero-order chi connectivity index (χ0) is 15.9. The molecule has 0 aliphatic heterocycles. The molecular formula is C17H22N2O2S. The highest BCUT2D eigenvalue weighted by Gasteiger charge is 2.23. The normalized spacial score (nSPS) is 12.2. The highest BCUT2D eigenvalue weighted by atomic mass is 32.1. The van der Waals surface area contributed by atoms with E-state index in [1.807, 2.05) is 35.2 Å². The van der Waals surface area contributed by atoms with E-state index in [0.29, 0.717) is 6.54 Å². The van der Waals surface area contributed by atoms with Gasteiger partial charge in [-0.1, -0.05) is 26.0 Å². The topological polar surface area (TPSA) is 51.2 Å². The van der Waals surface area contributed by atoms with E-state index in [1.165, 1.54) is 0 Å². The molecule has 0 bridgehead atoms. The number of hydrogen-bond donors (Lipinski definition) is 1. The number of nitrogens with zero attached hydrogens (tertiary/aromatic N) is 1. The molecule has 118 valence electrons. The fraction of sp³-hybridized carbons (Fsp3) is 0.412. The summed E-state index contributed by atoms with van der Waals surface area (Å²) < 4.78 is 5.17. The number of rotatable bonds is 7. The quantitative estimate of drug-likeness (QED) is 0.852. The summed E-state index contributed by atoms with van der Waals surface area (Å²) in [4.78, 5) is 16.7. The van der Waals surface area contributed by atoms with Crippen molar-refractivity contribution in [1.82, 2.24) is 10.3 Å². The zero-order valence-corrected chi connectivity index (χ0v) is 14.0. The molecule has 0 spiro atoms. The number of thiazole rings is 1. The molecule has 0 saturated heterocycles. The first-order valence-electron chi connectivity index (χ1n) is 7.40. The molecule has 0 fully saturated rings. The van der Waals surface area contributed by atoms with Crippen LogP contribution in [0.15, 0.2) is 35.2 Å². The van der Waals surface area contributed by atoms with E-state index in [4.69, 9.17) is 4.74 Å². The Hall–Kier alpha value is -1.88. The molecule has 2 rings (SSSR count). The summed E-state index contributed by atoms with van der Waals surface area (Å²) >= 11 is 1.57. The number of nitrogens with one attached hydrogen (secondary N) is 1. The summed E-state index contributed by atoms with van der Waals surface area (Å²) in [5, 5.41) is 5.03. The maximum Gasteiger partial charge on any atom is 0.227 e. The number of carbonyl (C=O) groups is 1. The number of benzene rings is 1. The van der Waals surface area contributed by atoms with Gasteiger partial charge in [0.25, 0.3) is 0 Å². The fourth-order valence-electron chi connectivity index (χ4n) is 2.43. The van der Waals surface area contributed by atoms with Gasteiger partial charge in [-0.05, 0) is 23.6 Å². The second-order valence-corrected chi connectivity index (χ2v) is 6.23. The first-order chi connectivity index (χ1) is 10.6. The highest BCUT2D eigenvalue weighted by Crippen LogP contribution is 2.26. The highest BCUT2D eigenvalue weighted by molar-refractivity contribution is 7.07. The third-order valence-electron chi connectivity index (χ3n) is 3.59. The summed E-state index contributed by atoms with van der Waals surface area (Å²) in [6.45, 7) is 4.74. The van der Waals surface area contributed by atoms with Gasteiger partial charge in [0.2, 0.25) is 5.91 Å². The monoisotopic (exact) mass is 318 g/mol. The molecule has 4 nitrogen and oxygen atoms in total. The van der Waals surface area contributed by atoms with Gasteiger partial charge in [0, 0.05) is 18.3 Å². The molecular weight excluding hydrogens is 296 g/mol. The molecule has 1 atom stereocenters. The van der Waals surface area contributed by atoms with Crippen LogP contribution >= 0.6 is 11.3 Å². The Bertz CT molecular complexity index is 579. The van der Waals surface area contributed by atoms with Gasteiger partial charge in [0.1, 0.15) is 5.75 Å². The van der Waals surface area contributed by atoms with Crippen LogP contribution in [0.3, 0.4) is 0 Å². The van der Waals surface area contributed by atoms with Gasteiger partial charge in [-0.3, -0.25) is 4.79 Å². The Morgan fingerprint density at radius 3 is 2.59 bits per heavy atom.